The highest BCUT2D eigenvalue weighted by Crippen LogP contribution is 2.23. The molecule has 0 spiro atoms. The highest BCUT2D eigenvalue weighted by Gasteiger charge is 2.20. The Bertz CT molecular complexity index is 977. The summed E-state index contributed by atoms with van der Waals surface area (Å²) in [5, 5.41) is 11.7. The molecule has 140 valence electrons. The summed E-state index contributed by atoms with van der Waals surface area (Å²) in [5.41, 5.74) is 3.02. The number of aromatic nitrogens is 2. The predicted octanol–water partition coefficient (Wildman–Crippen LogP) is 3.17. The van der Waals surface area contributed by atoms with Crippen LogP contribution in [0.5, 0.6) is 5.75 Å². The maximum absolute atomic E-state index is 12.9. The molecular formula is C20H21N3O4. The van der Waals surface area contributed by atoms with Crippen LogP contribution < -0.4 is 10.1 Å². The highest BCUT2D eigenvalue weighted by atomic mass is 16.5. The molecule has 0 unspecified atom stereocenters. The number of carboxylic acids is 1. The lowest BCUT2D eigenvalue weighted by molar-refractivity contribution is -0.136. The van der Waals surface area contributed by atoms with Gasteiger partial charge < -0.3 is 15.2 Å². The lowest BCUT2D eigenvalue weighted by Crippen LogP contribution is -2.16. The quantitative estimate of drug-likeness (QED) is 0.669. The van der Waals surface area contributed by atoms with Crippen LogP contribution in [0.2, 0.25) is 0 Å². The van der Waals surface area contributed by atoms with Crippen LogP contribution in [0.25, 0.3) is 5.65 Å². The first kappa shape index (κ1) is 18.4. The van der Waals surface area contributed by atoms with Crippen molar-refractivity contribution < 1.29 is 19.4 Å². The fourth-order valence-corrected chi connectivity index (χ4v) is 2.92. The van der Waals surface area contributed by atoms with Gasteiger partial charge in [-0.25, -0.2) is 4.98 Å². The van der Waals surface area contributed by atoms with Crippen LogP contribution in [-0.2, 0) is 17.6 Å². The van der Waals surface area contributed by atoms with E-state index in [1.807, 2.05) is 26.0 Å². The van der Waals surface area contributed by atoms with Crippen LogP contribution >= 0.6 is 0 Å². The largest absolute Gasteiger partial charge is 0.490 e. The van der Waals surface area contributed by atoms with Gasteiger partial charge in [0.25, 0.3) is 5.91 Å². The molecule has 7 heteroatoms. The number of hydrogen-bond donors (Lipinski definition) is 2. The van der Waals surface area contributed by atoms with Crippen LogP contribution in [0.3, 0.4) is 0 Å². The Morgan fingerprint density at radius 1 is 1.19 bits per heavy atom. The summed E-state index contributed by atoms with van der Waals surface area (Å²) in [6, 6.07) is 10.4. The highest BCUT2D eigenvalue weighted by molar-refractivity contribution is 6.04. The SMILES string of the molecule is CCOc1cccn2c(C(=O)Nc3ccc(CC(=O)O)cc3)c(CC)nc12. The van der Waals surface area contributed by atoms with E-state index < -0.39 is 5.97 Å². The minimum Gasteiger partial charge on any atom is -0.490 e. The molecule has 3 aromatic rings. The van der Waals surface area contributed by atoms with Gasteiger partial charge in [-0.15, -0.1) is 0 Å². The molecule has 0 aliphatic rings. The number of carbonyl (C=O) groups is 2. The van der Waals surface area contributed by atoms with E-state index in [0.29, 0.717) is 47.1 Å². The van der Waals surface area contributed by atoms with E-state index in [2.05, 4.69) is 10.3 Å². The molecule has 0 fully saturated rings. The number of carbonyl (C=O) groups excluding carboxylic acids is 1. The van der Waals surface area contributed by atoms with Crippen LogP contribution in [0.15, 0.2) is 42.6 Å². The summed E-state index contributed by atoms with van der Waals surface area (Å²) < 4.78 is 7.35. The van der Waals surface area contributed by atoms with Crippen molar-refractivity contribution in [3.8, 4) is 5.75 Å². The van der Waals surface area contributed by atoms with Crippen molar-refractivity contribution in [1.82, 2.24) is 9.38 Å². The topological polar surface area (TPSA) is 92.9 Å². The molecule has 2 heterocycles. The Kier molecular flexibility index (Phi) is 5.40. The number of aliphatic carboxylic acids is 1. The van der Waals surface area contributed by atoms with Gasteiger partial charge >= 0.3 is 5.97 Å². The number of rotatable bonds is 7. The summed E-state index contributed by atoms with van der Waals surface area (Å²) in [5.74, 6) is -0.541. The van der Waals surface area contributed by atoms with Gasteiger partial charge in [-0.05, 0) is 43.2 Å². The molecule has 0 aliphatic carbocycles. The van der Waals surface area contributed by atoms with Crippen molar-refractivity contribution in [2.24, 2.45) is 0 Å². The van der Waals surface area contributed by atoms with Crippen molar-refractivity contribution in [2.45, 2.75) is 26.7 Å². The number of anilines is 1. The Morgan fingerprint density at radius 3 is 2.56 bits per heavy atom. The monoisotopic (exact) mass is 367 g/mol. The van der Waals surface area contributed by atoms with Crippen molar-refractivity contribution in [1.29, 1.82) is 0 Å². The Hall–Kier alpha value is -3.35. The molecule has 7 nitrogen and oxygen atoms in total. The molecule has 0 bridgehead atoms. The number of fused-ring (bicyclic) bond motifs is 1. The number of nitrogens with one attached hydrogen (secondary N) is 1. The van der Waals surface area contributed by atoms with Gasteiger partial charge in [-0.3, -0.25) is 14.0 Å². The maximum Gasteiger partial charge on any atom is 0.307 e. The standard InChI is InChI=1S/C20H21N3O4/c1-3-15-18(23-11-5-6-16(27-4-2)19(23)22-15)20(26)21-14-9-7-13(8-10-14)12-17(24)25/h5-11H,3-4,12H2,1-2H3,(H,21,26)(H,24,25). The fraction of sp³-hybridized carbons (Fsp3) is 0.250. The zero-order chi connectivity index (χ0) is 19.4. The molecule has 27 heavy (non-hydrogen) atoms. The third-order valence-electron chi connectivity index (χ3n) is 4.10. The third kappa shape index (κ3) is 3.92. The zero-order valence-corrected chi connectivity index (χ0v) is 15.2. The van der Waals surface area contributed by atoms with E-state index in [-0.39, 0.29) is 12.3 Å². The summed E-state index contributed by atoms with van der Waals surface area (Å²) in [6.07, 6.45) is 2.34. The predicted molar refractivity (Wildman–Crippen MR) is 101 cm³/mol. The first-order valence-corrected chi connectivity index (χ1v) is 8.78. The Morgan fingerprint density at radius 2 is 1.93 bits per heavy atom. The third-order valence-corrected chi connectivity index (χ3v) is 4.10. The second kappa shape index (κ2) is 7.90. The van der Waals surface area contributed by atoms with E-state index in [4.69, 9.17) is 9.84 Å². The van der Waals surface area contributed by atoms with E-state index in [1.165, 1.54) is 0 Å². The molecule has 1 amide bonds. The number of amides is 1. The maximum atomic E-state index is 12.9. The van der Waals surface area contributed by atoms with Gasteiger partial charge in [0.15, 0.2) is 11.4 Å². The van der Waals surface area contributed by atoms with Crippen LogP contribution in [0.4, 0.5) is 5.69 Å². The average Bonchev–Trinajstić information content (AvgIpc) is 3.03. The number of benzene rings is 1. The molecule has 2 N–H and O–H groups in total. The summed E-state index contributed by atoms with van der Waals surface area (Å²) in [4.78, 5) is 28.2. The number of carboxylic acid groups (broad SMARTS) is 1. The lowest BCUT2D eigenvalue weighted by Gasteiger charge is -2.08. The Labute approximate surface area is 156 Å². The molecule has 3 rings (SSSR count). The van der Waals surface area contributed by atoms with Crippen molar-refractivity contribution >= 4 is 23.2 Å². The van der Waals surface area contributed by atoms with E-state index in [1.54, 1.807) is 34.9 Å². The molecule has 0 atom stereocenters. The van der Waals surface area contributed by atoms with E-state index in [0.717, 1.165) is 0 Å². The Balaban J connectivity index is 1.91. The second-order valence-electron chi connectivity index (χ2n) is 5.98. The number of imidazole rings is 1. The van der Waals surface area contributed by atoms with Crippen LogP contribution in [-0.4, -0.2) is 33.0 Å². The number of hydrogen-bond acceptors (Lipinski definition) is 4. The first-order chi connectivity index (χ1) is 13.0. The molecule has 0 radical (unpaired) electrons. The molecule has 0 aliphatic heterocycles. The molecule has 0 saturated heterocycles. The molecule has 2 aromatic heterocycles. The molecule has 1 aromatic carbocycles. The molecular weight excluding hydrogens is 346 g/mol. The van der Waals surface area contributed by atoms with Gasteiger partial charge in [0.05, 0.1) is 18.7 Å². The number of aryl methyl sites for hydroxylation is 1. The second-order valence-corrected chi connectivity index (χ2v) is 5.98. The van der Waals surface area contributed by atoms with Gasteiger partial charge in [0, 0.05) is 11.9 Å². The summed E-state index contributed by atoms with van der Waals surface area (Å²) in [6.45, 7) is 4.35. The van der Waals surface area contributed by atoms with E-state index >= 15 is 0 Å². The number of pyridine rings is 1. The van der Waals surface area contributed by atoms with Crippen molar-refractivity contribution in [3.05, 3.63) is 59.5 Å². The van der Waals surface area contributed by atoms with E-state index in [9.17, 15) is 9.59 Å². The lowest BCUT2D eigenvalue weighted by atomic mass is 10.1. The van der Waals surface area contributed by atoms with Crippen LogP contribution in [0, 0.1) is 0 Å². The summed E-state index contributed by atoms with van der Waals surface area (Å²) >= 11 is 0. The molecule has 0 saturated carbocycles. The van der Waals surface area contributed by atoms with Gasteiger partial charge in [-0.1, -0.05) is 19.1 Å². The van der Waals surface area contributed by atoms with Crippen molar-refractivity contribution in [2.75, 3.05) is 11.9 Å². The number of ether oxygens (including phenoxy) is 1. The average molecular weight is 367 g/mol. The first-order valence-electron chi connectivity index (χ1n) is 8.78. The van der Waals surface area contributed by atoms with Crippen molar-refractivity contribution in [3.63, 3.8) is 0 Å². The van der Waals surface area contributed by atoms with Gasteiger partial charge in [0.2, 0.25) is 0 Å². The minimum absolute atomic E-state index is 0.0539. The normalized spacial score (nSPS) is 10.7. The summed E-state index contributed by atoms with van der Waals surface area (Å²) in [7, 11) is 0. The fourth-order valence-electron chi connectivity index (χ4n) is 2.92. The smallest absolute Gasteiger partial charge is 0.307 e. The van der Waals surface area contributed by atoms with Gasteiger partial charge in [-0.2, -0.15) is 0 Å². The van der Waals surface area contributed by atoms with Gasteiger partial charge in [0.1, 0.15) is 5.69 Å². The van der Waals surface area contributed by atoms with Crippen LogP contribution in [0.1, 0.15) is 35.6 Å². The minimum atomic E-state index is -0.893. The number of nitrogens with zero attached hydrogens (tertiary/aromatic N) is 2. The zero-order valence-electron chi connectivity index (χ0n) is 15.2.